The van der Waals surface area contributed by atoms with E-state index in [4.69, 9.17) is 35.9 Å². The fourth-order valence-electron chi connectivity index (χ4n) is 6.31. The Morgan fingerprint density at radius 1 is 0.896 bits per heavy atom. The average Bonchev–Trinajstić information content (AvgIpc) is 3.40. The number of carbonyl (C=O) groups is 4. The molecule has 13 heteroatoms. The van der Waals surface area contributed by atoms with Crippen molar-refractivity contribution in [3.8, 4) is 28.5 Å². The summed E-state index contributed by atoms with van der Waals surface area (Å²) in [4.78, 5) is 51.2. The zero-order valence-corrected chi connectivity index (χ0v) is 28.2. The number of nitriles is 1. The van der Waals surface area contributed by atoms with Gasteiger partial charge in [0.2, 0.25) is 0 Å². The maximum Gasteiger partial charge on any atom is 0.303 e. The van der Waals surface area contributed by atoms with Crippen LogP contribution in [0.1, 0.15) is 50.6 Å². The van der Waals surface area contributed by atoms with Gasteiger partial charge in [0.05, 0.1) is 11.3 Å². The monoisotopic (exact) mass is 673 g/mol. The van der Waals surface area contributed by atoms with Crippen LogP contribution >= 0.6 is 12.2 Å². The first-order chi connectivity index (χ1) is 22.8. The summed E-state index contributed by atoms with van der Waals surface area (Å²) >= 11 is 6.07. The van der Waals surface area contributed by atoms with Crippen molar-refractivity contribution in [2.24, 2.45) is 0 Å². The van der Waals surface area contributed by atoms with Crippen LogP contribution in [0.4, 0.5) is 5.69 Å². The molecule has 5 rings (SSSR count). The van der Waals surface area contributed by atoms with E-state index in [9.17, 15) is 24.4 Å². The summed E-state index contributed by atoms with van der Waals surface area (Å²) in [5, 5.41) is 10.6. The van der Waals surface area contributed by atoms with Crippen LogP contribution in [0.15, 0.2) is 48.5 Å². The number of ether oxygens (including phenoxy) is 5. The highest BCUT2D eigenvalue weighted by Gasteiger charge is 2.54. The number of nitrogens with zero attached hydrogens (tertiary/aromatic N) is 3. The number of benzene rings is 2. The van der Waals surface area contributed by atoms with E-state index in [1.165, 1.54) is 13.8 Å². The SMILES string of the molecule is CC(=O)OC[C@H]1O[C@@H](n2c3c(c(-c4ccc(N(C)C)cc4)c(C#N)c2=S)Cc2ccccc2-3)[C@H](OC(C)=O)[C@H](OC(C)=O)[C@H]1OC(C)=O. The molecule has 2 aliphatic rings. The Kier molecular flexibility index (Phi) is 9.98. The molecule has 0 bridgehead atoms. The minimum Gasteiger partial charge on any atom is -0.463 e. The molecule has 2 aromatic carbocycles. The summed E-state index contributed by atoms with van der Waals surface area (Å²) in [6.45, 7) is 4.29. The summed E-state index contributed by atoms with van der Waals surface area (Å²) in [6, 6.07) is 17.7. The molecule has 48 heavy (non-hydrogen) atoms. The molecule has 1 aliphatic heterocycles. The van der Waals surface area contributed by atoms with E-state index in [1.54, 1.807) is 4.57 Å². The van der Waals surface area contributed by atoms with Gasteiger partial charge in [-0.15, -0.1) is 0 Å². The first kappa shape index (κ1) is 34.3. The zero-order valence-electron chi connectivity index (χ0n) is 27.3. The summed E-state index contributed by atoms with van der Waals surface area (Å²) in [5.41, 5.74) is 5.75. The number of carbonyl (C=O) groups excluding carboxylic acids is 4. The van der Waals surface area contributed by atoms with E-state index >= 15 is 0 Å². The first-order valence-electron chi connectivity index (χ1n) is 15.2. The third-order valence-corrected chi connectivity index (χ3v) is 8.56. The molecular formula is C35H35N3O9S. The van der Waals surface area contributed by atoms with E-state index in [1.807, 2.05) is 67.5 Å². The number of esters is 4. The van der Waals surface area contributed by atoms with Crippen LogP contribution in [0.25, 0.3) is 22.4 Å². The van der Waals surface area contributed by atoms with Crippen LogP contribution < -0.4 is 4.90 Å². The van der Waals surface area contributed by atoms with Crippen LogP contribution in [-0.4, -0.2) is 73.6 Å². The molecule has 1 saturated heterocycles. The fraction of sp³-hybridized carbons (Fsp3) is 0.371. The van der Waals surface area contributed by atoms with E-state index in [0.717, 1.165) is 41.8 Å². The lowest BCUT2D eigenvalue weighted by Gasteiger charge is -2.45. The van der Waals surface area contributed by atoms with Crippen LogP contribution in [0, 0.1) is 16.0 Å². The molecule has 0 spiro atoms. The smallest absolute Gasteiger partial charge is 0.303 e. The molecule has 1 aliphatic carbocycles. The van der Waals surface area contributed by atoms with Crippen molar-refractivity contribution in [2.75, 3.05) is 25.6 Å². The first-order valence-corrected chi connectivity index (χ1v) is 15.6. The molecule has 0 radical (unpaired) electrons. The normalized spacial score (nSPS) is 20.8. The topological polar surface area (TPSA) is 146 Å². The molecule has 3 aromatic rings. The number of pyridine rings is 1. The molecule has 0 N–H and O–H groups in total. The fourth-order valence-corrected chi connectivity index (χ4v) is 6.65. The Morgan fingerprint density at radius 2 is 1.50 bits per heavy atom. The maximum atomic E-state index is 12.6. The van der Waals surface area contributed by atoms with Crippen LogP contribution in [0.5, 0.6) is 0 Å². The van der Waals surface area contributed by atoms with Gasteiger partial charge in [-0.3, -0.25) is 19.2 Å². The highest BCUT2D eigenvalue weighted by atomic mass is 32.1. The Bertz CT molecular complexity index is 1880. The molecule has 1 fully saturated rings. The average molecular weight is 674 g/mol. The van der Waals surface area contributed by atoms with Gasteiger partial charge in [-0.2, -0.15) is 5.26 Å². The number of fused-ring (bicyclic) bond motifs is 3. The molecule has 12 nitrogen and oxygen atoms in total. The second kappa shape index (κ2) is 14.0. The van der Waals surface area contributed by atoms with E-state index in [0.29, 0.717) is 17.7 Å². The molecule has 250 valence electrons. The highest BCUT2D eigenvalue weighted by molar-refractivity contribution is 7.71. The number of rotatable bonds is 8. The van der Waals surface area contributed by atoms with Crippen molar-refractivity contribution in [2.45, 2.75) is 64.8 Å². The van der Waals surface area contributed by atoms with Crippen molar-refractivity contribution >= 4 is 41.8 Å². The summed E-state index contributed by atoms with van der Waals surface area (Å²) in [5.74, 6) is -2.87. The van der Waals surface area contributed by atoms with Gasteiger partial charge in [-0.05, 0) is 28.8 Å². The van der Waals surface area contributed by atoms with E-state index < -0.39 is 61.1 Å². The molecular weight excluding hydrogens is 638 g/mol. The minimum atomic E-state index is -1.41. The standard InChI is InChI=1S/C35H35N3O9S/c1-18(39)43-17-28-31(44-19(2)40)32(45-20(3)41)33(46-21(4)42)34(47-28)38-30-25-10-8-7-9-23(25)15-26(30)29(27(16-36)35(38)48)22-11-13-24(14-12-22)37(5)6/h7-14,28,31-34H,15,17H2,1-6H3/t28-,31+,32-,33-,34-/m1/s1. The largest absolute Gasteiger partial charge is 0.463 e. The molecule has 2 heterocycles. The lowest BCUT2D eigenvalue weighted by molar-refractivity contribution is -0.268. The quantitative estimate of drug-likeness (QED) is 0.146. The van der Waals surface area contributed by atoms with Crippen molar-refractivity contribution in [1.29, 1.82) is 5.26 Å². The van der Waals surface area contributed by atoms with Gasteiger partial charge < -0.3 is 33.2 Å². The Hall–Kier alpha value is -5.06. The van der Waals surface area contributed by atoms with Crippen LogP contribution in [-0.2, 0) is 49.3 Å². The lowest BCUT2D eigenvalue weighted by atomic mass is 9.92. The summed E-state index contributed by atoms with van der Waals surface area (Å²) < 4.78 is 30.5. The van der Waals surface area contributed by atoms with Gasteiger partial charge in [-0.1, -0.05) is 48.6 Å². The van der Waals surface area contributed by atoms with Crippen molar-refractivity contribution in [3.05, 3.63) is 69.9 Å². The van der Waals surface area contributed by atoms with Gasteiger partial charge >= 0.3 is 23.9 Å². The third-order valence-electron chi connectivity index (χ3n) is 8.16. The summed E-state index contributed by atoms with van der Waals surface area (Å²) in [7, 11) is 3.87. The number of hydrogen-bond donors (Lipinski definition) is 0. The van der Waals surface area contributed by atoms with Gasteiger partial charge in [0, 0.05) is 65.0 Å². The van der Waals surface area contributed by atoms with Crippen molar-refractivity contribution in [1.82, 2.24) is 4.57 Å². The highest BCUT2D eigenvalue weighted by Crippen LogP contribution is 2.47. The Balaban J connectivity index is 1.81. The van der Waals surface area contributed by atoms with E-state index in [2.05, 4.69) is 6.07 Å². The maximum absolute atomic E-state index is 12.6. The van der Waals surface area contributed by atoms with Gasteiger partial charge in [-0.25, -0.2) is 0 Å². The number of anilines is 1. The second-order valence-electron chi connectivity index (χ2n) is 11.7. The molecule has 0 unspecified atom stereocenters. The zero-order chi connectivity index (χ0) is 34.9. The number of hydrogen-bond acceptors (Lipinski definition) is 12. The van der Waals surface area contributed by atoms with Crippen LogP contribution in [0.2, 0.25) is 0 Å². The van der Waals surface area contributed by atoms with E-state index in [-0.39, 0.29) is 10.2 Å². The Labute approximate surface area is 282 Å². The molecule has 0 amide bonds. The minimum absolute atomic E-state index is 0.0699. The van der Waals surface area contributed by atoms with Gasteiger partial charge in [0.25, 0.3) is 0 Å². The lowest BCUT2D eigenvalue weighted by Crippen LogP contribution is -2.60. The van der Waals surface area contributed by atoms with Crippen LogP contribution in [0.3, 0.4) is 0 Å². The third kappa shape index (κ3) is 6.67. The predicted molar refractivity (Wildman–Crippen MR) is 175 cm³/mol. The molecule has 0 saturated carbocycles. The predicted octanol–water partition coefficient (Wildman–Crippen LogP) is 4.65. The van der Waals surface area contributed by atoms with Crippen molar-refractivity contribution in [3.63, 3.8) is 0 Å². The second-order valence-corrected chi connectivity index (χ2v) is 12.1. The molecule has 5 atom stereocenters. The van der Waals surface area contributed by atoms with Crippen molar-refractivity contribution < 1.29 is 42.9 Å². The van der Waals surface area contributed by atoms with Gasteiger partial charge in [0.15, 0.2) is 24.5 Å². The Morgan fingerprint density at radius 3 is 2.08 bits per heavy atom. The number of aromatic nitrogens is 1. The van der Waals surface area contributed by atoms with Gasteiger partial charge in [0.1, 0.15) is 23.4 Å². The molecule has 1 aromatic heterocycles. The summed E-state index contributed by atoms with van der Waals surface area (Å²) in [6.07, 6.45) is -6.23.